The van der Waals surface area contributed by atoms with Gasteiger partial charge in [-0.15, -0.1) is 0 Å². The van der Waals surface area contributed by atoms with Crippen LogP contribution in [0.5, 0.6) is 0 Å². The first kappa shape index (κ1) is 21.1. The molecule has 1 unspecified atom stereocenters. The van der Waals surface area contributed by atoms with Crippen LogP contribution in [0, 0.1) is 0 Å². The van der Waals surface area contributed by atoms with Crippen molar-refractivity contribution >= 4 is 28.2 Å². The Balaban J connectivity index is 2.11. The second-order valence-electron chi connectivity index (χ2n) is 7.11. The molecule has 0 aliphatic carbocycles. The maximum atomic E-state index is 13.0. The molecule has 27 heavy (non-hydrogen) atoms. The molecule has 152 valence electrons. The maximum absolute atomic E-state index is 13.0. The van der Waals surface area contributed by atoms with Gasteiger partial charge < -0.3 is 10.1 Å². The molecule has 1 aliphatic rings. The fourth-order valence-corrected chi connectivity index (χ4v) is 3.31. The van der Waals surface area contributed by atoms with E-state index in [1.807, 2.05) is 0 Å². The molecule has 1 aromatic heterocycles. The highest BCUT2D eigenvalue weighted by Gasteiger charge is 2.33. The highest BCUT2D eigenvalue weighted by atomic mass is 32.3. The van der Waals surface area contributed by atoms with Crippen LogP contribution in [0.4, 0.5) is 14.5 Å². The first-order chi connectivity index (χ1) is 12.4. The Morgan fingerprint density at radius 2 is 2.07 bits per heavy atom. The summed E-state index contributed by atoms with van der Waals surface area (Å²) in [6, 6.07) is -0.539. The van der Waals surface area contributed by atoms with E-state index in [0.29, 0.717) is 10.8 Å². The standard InChI is InChI=1S/C15H24FN5O5S/c1-5-21-12(19-14(23)26-15(2,3)4)11(8-17-21)13(22)18-10-6-7-20(9-10)27(16,24)25/h8,10H,5-7,9H2,1-4H3,(H,18,22)(H,19,23). The average molecular weight is 405 g/mol. The van der Waals surface area contributed by atoms with Crippen LogP contribution in [0.2, 0.25) is 0 Å². The van der Waals surface area contributed by atoms with E-state index in [4.69, 9.17) is 4.74 Å². The molecule has 1 saturated heterocycles. The molecule has 1 atom stereocenters. The molecule has 0 bridgehead atoms. The van der Waals surface area contributed by atoms with Crippen molar-refractivity contribution in [1.82, 2.24) is 19.4 Å². The Bertz CT molecular complexity index is 817. The van der Waals surface area contributed by atoms with Gasteiger partial charge >= 0.3 is 16.5 Å². The Hall–Kier alpha value is -2.21. The summed E-state index contributed by atoms with van der Waals surface area (Å²) in [5.41, 5.74) is -0.612. The average Bonchev–Trinajstić information content (AvgIpc) is 3.11. The minimum Gasteiger partial charge on any atom is -0.444 e. The van der Waals surface area contributed by atoms with Crippen LogP contribution in [0.15, 0.2) is 6.20 Å². The zero-order valence-corrected chi connectivity index (χ0v) is 16.5. The van der Waals surface area contributed by atoms with Crippen molar-refractivity contribution in [1.29, 1.82) is 0 Å². The van der Waals surface area contributed by atoms with Gasteiger partial charge in [-0.25, -0.2) is 9.48 Å². The fourth-order valence-electron chi connectivity index (χ4n) is 2.63. The lowest BCUT2D eigenvalue weighted by molar-refractivity contribution is 0.0634. The second kappa shape index (κ2) is 7.80. The van der Waals surface area contributed by atoms with Gasteiger partial charge in [-0.2, -0.15) is 17.8 Å². The number of hydrogen-bond acceptors (Lipinski definition) is 6. The van der Waals surface area contributed by atoms with E-state index in [2.05, 4.69) is 15.7 Å². The molecule has 1 fully saturated rings. The molecule has 0 aromatic carbocycles. The quantitative estimate of drug-likeness (QED) is 0.711. The largest absolute Gasteiger partial charge is 0.444 e. The summed E-state index contributed by atoms with van der Waals surface area (Å²) < 4.78 is 42.2. The van der Waals surface area contributed by atoms with Gasteiger partial charge in [0.25, 0.3) is 5.91 Å². The minimum absolute atomic E-state index is 0.0129. The molecule has 2 heterocycles. The minimum atomic E-state index is -4.79. The van der Waals surface area contributed by atoms with Crippen molar-refractivity contribution in [2.24, 2.45) is 0 Å². The lowest BCUT2D eigenvalue weighted by Gasteiger charge is -2.20. The number of anilines is 1. The van der Waals surface area contributed by atoms with Crippen LogP contribution in [0.3, 0.4) is 0 Å². The summed E-state index contributed by atoms with van der Waals surface area (Å²) in [5.74, 6) is -0.388. The summed E-state index contributed by atoms with van der Waals surface area (Å²) in [6.07, 6.45) is 0.845. The highest BCUT2D eigenvalue weighted by molar-refractivity contribution is 7.83. The van der Waals surface area contributed by atoms with Gasteiger partial charge in [0.05, 0.1) is 6.20 Å². The maximum Gasteiger partial charge on any atom is 0.413 e. The Labute approximate surface area is 157 Å². The molecule has 2 amide bonds. The van der Waals surface area contributed by atoms with Crippen LogP contribution in [-0.4, -0.2) is 59.2 Å². The third kappa shape index (κ3) is 5.63. The number of hydrogen-bond donors (Lipinski definition) is 2. The first-order valence-electron chi connectivity index (χ1n) is 8.47. The molecule has 10 nitrogen and oxygen atoms in total. The summed E-state index contributed by atoms with van der Waals surface area (Å²) in [4.78, 5) is 24.6. The number of amides is 2. The normalized spacial score (nSPS) is 18.3. The Morgan fingerprint density at radius 3 is 2.59 bits per heavy atom. The van der Waals surface area contributed by atoms with E-state index in [1.54, 1.807) is 27.7 Å². The first-order valence-corrected chi connectivity index (χ1v) is 9.81. The number of nitrogens with one attached hydrogen (secondary N) is 2. The Kier molecular flexibility index (Phi) is 6.10. The van der Waals surface area contributed by atoms with Crippen molar-refractivity contribution in [3.8, 4) is 0 Å². The lowest BCUT2D eigenvalue weighted by atomic mass is 10.2. The molecule has 0 spiro atoms. The summed E-state index contributed by atoms with van der Waals surface area (Å²) in [6.45, 7) is 7.15. The topological polar surface area (TPSA) is 123 Å². The number of aromatic nitrogens is 2. The van der Waals surface area contributed by atoms with E-state index in [1.165, 1.54) is 10.9 Å². The summed E-state index contributed by atoms with van der Waals surface area (Å²) >= 11 is 0. The van der Waals surface area contributed by atoms with Gasteiger partial charge in [0.2, 0.25) is 0 Å². The van der Waals surface area contributed by atoms with Crippen LogP contribution in [0.1, 0.15) is 44.5 Å². The SMILES string of the molecule is CCn1ncc(C(=O)NC2CCN(S(=O)(=O)F)C2)c1NC(=O)OC(C)(C)C. The molecular formula is C15H24FN5O5S. The van der Waals surface area contributed by atoms with Crippen LogP contribution >= 0.6 is 0 Å². The molecule has 12 heteroatoms. The van der Waals surface area contributed by atoms with E-state index >= 15 is 0 Å². The molecule has 0 saturated carbocycles. The lowest BCUT2D eigenvalue weighted by Crippen LogP contribution is -2.38. The van der Waals surface area contributed by atoms with Gasteiger partial charge in [0.15, 0.2) is 0 Å². The zero-order chi connectivity index (χ0) is 20.4. The Morgan fingerprint density at radius 1 is 1.41 bits per heavy atom. The number of carbonyl (C=O) groups is 2. The van der Waals surface area contributed by atoms with Crippen LogP contribution in [-0.2, 0) is 21.7 Å². The van der Waals surface area contributed by atoms with Crippen molar-refractivity contribution in [3.05, 3.63) is 11.8 Å². The molecule has 1 aliphatic heterocycles. The molecule has 2 N–H and O–H groups in total. The van der Waals surface area contributed by atoms with E-state index in [-0.39, 0.29) is 30.9 Å². The van der Waals surface area contributed by atoms with E-state index in [0.717, 1.165) is 0 Å². The van der Waals surface area contributed by atoms with E-state index < -0.39 is 34.1 Å². The van der Waals surface area contributed by atoms with Crippen LogP contribution in [0.25, 0.3) is 0 Å². The number of rotatable bonds is 5. The summed E-state index contributed by atoms with van der Waals surface area (Å²) in [7, 11) is -4.79. The predicted molar refractivity (Wildman–Crippen MR) is 95.2 cm³/mol. The fraction of sp³-hybridized carbons (Fsp3) is 0.667. The number of nitrogens with zero attached hydrogens (tertiary/aromatic N) is 3. The zero-order valence-electron chi connectivity index (χ0n) is 15.7. The van der Waals surface area contributed by atoms with E-state index in [9.17, 15) is 21.9 Å². The molecule has 1 aromatic rings. The monoisotopic (exact) mass is 405 g/mol. The number of carbonyl (C=O) groups excluding carboxylic acids is 2. The third-order valence-corrected chi connectivity index (χ3v) is 4.75. The van der Waals surface area contributed by atoms with Gasteiger partial charge in [-0.1, -0.05) is 3.89 Å². The number of ether oxygens (including phenoxy) is 1. The molecular weight excluding hydrogens is 381 g/mol. The summed E-state index contributed by atoms with van der Waals surface area (Å²) in [5, 5.41) is 9.21. The van der Waals surface area contributed by atoms with Gasteiger partial charge in [-0.3, -0.25) is 10.1 Å². The highest BCUT2D eigenvalue weighted by Crippen LogP contribution is 2.19. The van der Waals surface area contributed by atoms with Crippen molar-refractivity contribution in [3.63, 3.8) is 0 Å². The van der Waals surface area contributed by atoms with Crippen molar-refractivity contribution < 1.29 is 26.6 Å². The predicted octanol–water partition coefficient (Wildman–Crippen LogP) is 1.27. The van der Waals surface area contributed by atoms with Gasteiger partial charge in [0.1, 0.15) is 17.0 Å². The third-order valence-electron chi connectivity index (χ3n) is 3.80. The second-order valence-corrected chi connectivity index (χ2v) is 8.45. The van der Waals surface area contributed by atoms with Crippen molar-refractivity contribution in [2.75, 3.05) is 18.4 Å². The van der Waals surface area contributed by atoms with Gasteiger partial charge in [0, 0.05) is 25.7 Å². The molecule has 2 rings (SSSR count). The number of halogens is 1. The molecule has 0 radical (unpaired) electrons. The smallest absolute Gasteiger partial charge is 0.413 e. The number of aryl methyl sites for hydroxylation is 1. The van der Waals surface area contributed by atoms with Crippen LogP contribution < -0.4 is 10.6 Å². The van der Waals surface area contributed by atoms with Crippen molar-refractivity contribution in [2.45, 2.75) is 52.3 Å². The van der Waals surface area contributed by atoms with Gasteiger partial charge in [-0.05, 0) is 34.1 Å².